The van der Waals surface area contributed by atoms with Crippen LogP contribution >= 0.6 is 11.8 Å². The zero-order chi connectivity index (χ0) is 114. The van der Waals surface area contributed by atoms with Crippen molar-refractivity contribution < 1.29 is 67.2 Å². The number of hydrogen-bond donors (Lipinski definition) is 0. The molecular formula is C127H189F11O4SSi. The van der Waals surface area contributed by atoms with Gasteiger partial charge in [0, 0.05) is 4.90 Å². The van der Waals surface area contributed by atoms with Crippen molar-refractivity contribution in [2.45, 2.75) is 325 Å². The van der Waals surface area contributed by atoms with E-state index < -0.39 is 31.7 Å². The third-order valence-electron chi connectivity index (χ3n) is 16.4. The summed E-state index contributed by atoms with van der Waals surface area (Å²) < 4.78 is 150. The lowest BCUT2D eigenvalue weighted by Crippen LogP contribution is -2.37. The summed E-state index contributed by atoms with van der Waals surface area (Å²) in [4.78, 5) is 0.230. The Balaban J connectivity index is -0.000000147. The minimum atomic E-state index is -4.60. The molecule has 0 aliphatic carbocycles. The molecule has 0 radical (unpaired) electrons. The Morgan fingerprint density at radius 2 is 0.507 bits per heavy atom. The van der Waals surface area contributed by atoms with Gasteiger partial charge >= 0.3 is 18.0 Å². The molecule has 4 nitrogen and oxygen atoms in total. The molecule has 0 amide bonds. The fourth-order valence-electron chi connectivity index (χ4n) is 9.45. The maximum Gasteiger partial charge on any atom is 0.573 e. The lowest BCUT2D eigenvalue weighted by molar-refractivity contribution is -0.274. The molecule has 0 aromatic heterocycles. The summed E-state index contributed by atoms with van der Waals surface area (Å²) in [6.45, 7) is 87.7. The van der Waals surface area contributed by atoms with Crippen LogP contribution in [-0.4, -0.2) is 34.2 Å². The number of ether oxygens (including phenoxy) is 4. The van der Waals surface area contributed by atoms with Gasteiger partial charge in [0.2, 0.25) is 0 Å². The second-order valence-electron chi connectivity index (χ2n) is 29.4. The Hall–Kier alpha value is -11.1. The van der Waals surface area contributed by atoms with Crippen molar-refractivity contribution in [3.8, 4) is 39.9 Å². The lowest BCUT2D eigenvalue weighted by atomic mass is 9.87. The van der Waals surface area contributed by atoms with Crippen LogP contribution in [0.25, 0.3) is 11.1 Å². The van der Waals surface area contributed by atoms with E-state index >= 15 is 0 Å². The molecule has 17 heteroatoms. The number of methoxy groups -OCH3 is 2. The van der Waals surface area contributed by atoms with Crippen LogP contribution in [-0.2, 0) is 11.6 Å². The predicted octanol–water partition coefficient (Wildman–Crippen LogP) is 44.4. The van der Waals surface area contributed by atoms with Gasteiger partial charge in [0.1, 0.15) is 40.4 Å². The molecule has 0 N–H and O–H groups in total. The molecule has 0 spiro atoms. The Morgan fingerprint density at radius 3 is 0.792 bits per heavy atom. The minimum Gasteiger partial charge on any atom is -0.497 e. The third-order valence-corrected chi connectivity index (χ3v) is 19.2. The zero-order valence-electron chi connectivity index (χ0n) is 96.9. The van der Waals surface area contributed by atoms with Crippen molar-refractivity contribution in [1.82, 2.24) is 0 Å². The zero-order valence-corrected chi connectivity index (χ0v) is 98.7. The molecule has 0 atom stereocenters. The average Bonchev–Trinajstić information content (AvgIpc) is 0.875. The first-order valence-electron chi connectivity index (χ1n) is 50.9. The molecule has 0 unspecified atom stereocenters. The molecule has 0 aliphatic heterocycles. The summed E-state index contributed by atoms with van der Waals surface area (Å²) in [5, 5.41) is 1.54. The van der Waals surface area contributed by atoms with E-state index in [0.29, 0.717) is 0 Å². The van der Waals surface area contributed by atoms with Gasteiger partial charge in [0.15, 0.2) is 0 Å². The van der Waals surface area contributed by atoms with E-state index in [9.17, 15) is 48.3 Å². The van der Waals surface area contributed by atoms with E-state index in [1.54, 1.807) is 81.8 Å². The Labute approximate surface area is 877 Å². The van der Waals surface area contributed by atoms with Crippen LogP contribution in [0.1, 0.15) is 273 Å². The third kappa shape index (κ3) is 92.0. The summed E-state index contributed by atoms with van der Waals surface area (Å²) in [6, 6.07) is 99.7. The second-order valence-corrected chi connectivity index (χ2v) is 35.6. The summed E-state index contributed by atoms with van der Waals surface area (Å²) in [6.07, 6.45) is -8.82. The van der Waals surface area contributed by atoms with Gasteiger partial charge in [-0.15, -0.1) is 13.2 Å². The largest absolute Gasteiger partial charge is 0.573 e. The van der Waals surface area contributed by atoms with E-state index in [4.69, 9.17) is 14.2 Å². The highest BCUT2D eigenvalue weighted by atomic mass is 32.2. The van der Waals surface area contributed by atoms with Gasteiger partial charge in [-0.1, -0.05) is 500 Å². The highest BCUT2D eigenvalue weighted by molar-refractivity contribution is 8.00. The number of rotatable bonds is 8. The van der Waals surface area contributed by atoms with Gasteiger partial charge in [0.05, 0.1) is 27.9 Å². The number of para-hydroxylation sites is 2. The second kappa shape index (κ2) is 101. The van der Waals surface area contributed by atoms with E-state index in [1.165, 1.54) is 99.1 Å². The molecule has 13 aromatic carbocycles. The molecule has 0 aliphatic rings. The first-order valence-corrected chi connectivity index (χ1v) is 55.2. The number of benzene rings is 13. The monoisotopic (exact) mass is 2050 g/mol. The van der Waals surface area contributed by atoms with Gasteiger partial charge < -0.3 is 18.9 Å². The van der Waals surface area contributed by atoms with Gasteiger partial charge in [-0.05, 0) is 225 Å². The molecule has 0 saturated carbocycles. The van der Waals surface area contributed by atoms with Crippen LogP contribution in [0.2, 0.25) is 19.6 Å². The van der Waals surface area contributed by atoms with Crippen molar-refractivity contribution >= 4 is 25.0 Å². The first kappa shape index (κ1) is 156. The van der Waals surface area contributed by atoms with Crippen LogP contribution < -0.4 is 24.1 Å². The topological polar surface area (TPSA) is 36.9 Å². The van der Waals surface area contributed by atoms with Crippen LogP contribution in [0, 0.1) is 87.8 Å². The number of aryl methyl sites for hydroxylation is 11. The highest BCUT2D eigenvalue weighted by Crippen LogP contribution is 2.37. The van der Waals surface area contributed by atoms with Crippen molar-refractivity contribution in [1.29, 1.82) is 0 Å². The van der Waals surface area contributed by atoms with Crippen molar-refractivity contribution in [3.63, 3.8) is 0 Å². The molecule has 144 heavy (non-hydrogen) atoms. The minimum absolute atomic E-state index is 0.0906. The van der Waals surface area contributed by atoms with E-state index in [0.717, 1.165) is 68.5 Å². The molecular weight excluding hydrogens is 1860 g/mol. The maximum atomic E-state index is 12.9. The smallest absolute Gasteiger partial charge is 0.497 e. The first-order chi connectivity index (χ1) is 68.4. The number of halogens is 11. The molecule has 13 rings (SSSR count). The standard InChI is InChI=1S/C13H11F.C13H12O.C11H16.C10H16Si.C8H7F3O.C8H7F3S.C8H7F3.C8H10O.C8H10.C7H7F.C7H8O.13C2H6/c1-10-5-7-11(8-6-10)12-3-2-4-13(14)9-12;1-11-6-5-9-13(10-11)14-12-7-3-2-4-8-12;2*1-9-5-7-10(8-6-9)11(2,3)4;2*1-6-2-4-7(5-3-6)12-8(9,10)11;1-6-2-4-7(5-3-6)8(9,10)11;1-7-3-5-8(9-2)6-4-7;1-7-3-5-8(2)6-4-7;1-6-2-4-7(8)5-3-6;1-8-7-5-3-2-4-6-7;13*1-2/h2-9H,1H3;2-10H,1H3;2*5-8H,1-4H3;2*2-5H,1H3;2-5H,1H3;3-6H,1-2H3;3-6H,1-2H3;2-5H,1H3;2-6H,1H3;13*1-2H3. The Bertz CT molecular complexity index is 4550. The van der Waals surface area contributed by atoms with Crippen LogP contribution in [0.4, 0.5) is 48.3 Å². The molecule has 13 aromatic rings. The van der Waals surface area contributed by atoms with E-state index in [2.05, 4.69) is 166 Å². The van der Waals surface area contributed by atoms with Crippen LogP contribution in [0.15, 0.2) is 332 Å². The quantitative estimate of drug-likeness (QED) is 0.0861. The number of alkyl halides is 9. The Morgan fingerprint density at radius 1 is 0.236 bits per heavy atom. The van der Waals surface area contributed by atoms with Gasteiger partial charge in [-0.2, -0.15) is 26.3 Å². The molecule has 0 bridgehead atoms. The van der Waals surface area contributed by atoms with Gasteiger partial charge in [0.25, 0.3) is 0 Å². The Kier molecular flexibility index (Phi) is 109. The maximum absolute atomic E-state index is 12.9. The van der Waals surface area contributed by atoms with E-state index in [1.807, 2.05) is 334 Å². The van der Waals surface area contributed by atoms with Crippen LogP contribution in [0.5, 0.6) is 28.7 Å². The molecule has 0 fully saturated rings. The fourth-order valence-corrected chi connectivity index (χ4v) is 11.2. The van der Waals surface area contributed by atoms with Crippen molar-refractivity contribution in [2.24, 2.45) is 0 Å². The number of hydrogen-bond acceptors (Lipinski definition) is 5. The average molecular weight is 2050 g/mol. The van der Waals surface area contributed by atoms with Crippen LogP contribution in [0.3, 0.4) is 0 Å². The number of thioether (sulfide) groups is 1. The molecule has 808 valence electrons. The predicted molar refractivity (Wildman–Crippen MR) is 621 cm³/mol. The summed E-state index contributed by atoms with van der Waals surface area (Å²) >= 11 is -0.0906. The lowest BCUT2D eigenvalue weighted by Gasteiger charge is -2.18. The summed E-state index contributed by atoms with van der Waals surface area (Å²) in [5.41, 5.74) is 11.7. The normalized spacial score (nSPS) is 9.14. The fraction of sp³-hybridized carbons (Fsp3) is 0.386. The van der Waals surface area contributed by atoms with Gasteiger partial charge in [-0.3, -0.25) is 0 Å². The SMILES string of the molecule is CC.CC.CC.CC.CC.CC.CC.CC.CC.CC.CC.CC.CC.COc1ccc(C)cc1.COc1ccccc1.Cc1ccc(-c2cccc(F)c2)cc1.Cc1ccc(C(C)(C)C)cc1.Cc1ccc(C(F)(F)F)cc1.Cc1ccc(C)cc1.Cc1ccc(F)cc1.Cc1ccc(OC(F)(F)F)cc1.Cc1ccc(SC(F)(F)F)cc1.Cc1ccc([Si](C)(C)C)cc1.Cc1cccc(Oc2ccccc2)c1. The molecule has 0 heterocycles. The van der Waals surface area contributed by atoms with Crippen molar-refractivity contribution in [2.75, 3.05) is 14.2 Å². The summed E-state index contributed by atoms with van der Waals surface area (Å²) in [7, 11) is 2.28. The van der Waals surface area contributed by atoms with E-state index in [-0.39, 0.29) is 39.5 Å². The van der Waals surface area contributed by atoms with Gasteiger partial charge in [-0.25, -0.2) is 8.78 Å². The van der Waals surface area contributed by atoms with Crippen molar-refractivity contribution in [3.05, 3.63) is 412 Å². The highest BCUT2D eigenvalue weighted by Gasteiger charge is 2.32. The molecule has 0 saturated heterocycles. The summed E-state index contributed by atoms with van der Waals surface area (Å²) in [5.74, 6) is 3.04.